The lowest BCUT2D eigenvalue weighted by Gasteiger charge is -2.26. The molecule has 1 N–H and O–H groups in total. The molecule has 0 aliphatic carbocycles. The van der Waals surface area contributed by atoms with E-state index in [2.05, 4.69) is 20.2 Å². The maximum absolute atomic E-state index is 12.7. The van der Waals surface area contributed by atoms with Crippen molar-refractivity contribution < 1.29 is 9.53 Å². The molecule has 0 radical (unpaired) electrons. The molecule has 0 amide bonds. The van der Waals surface area contributed by atoms with Gasteiger partial charge in [-0.25, -0.2) is 4.98 Å². The van der Waals surface area contributed by atoms with Crippen LogP contribution < -0.4 is 5.32 Å². The molecule has 0 atom stereocenters. The van der Waals surface area contributed by atoms with Crippen LogP contribution in [0, 0.1) is 6.92 Å². The van der Waals surface area contributed by atoms with Crippen LogP contribution in [0.15, 0.2) is 41.5 Å². The number of benzene rings is 1. The summed E-state index contributed by atoms with van der Waals surface area (Å²) in [5, 5.41) is 4.03. The number of Topliss-reactive ketones (excluding diaryl/α,β-unsaturated/α-hetero) is 1. The summed E-state index contributed by atoms with van der Waals surface area (Å²) in [7, 11) is 0. The Hall–Kier alpha value is -2.28. The first kappa shape index (κ1) is 23.4. The average molecular weight is 443 g/mol. The Kier molecular flexibility index (Phi) is 9.00. The number of nitrogens with zero attached hydrogens (tertiary/aromatic N) is 3. The van der Waals surface area contributed by atoms with Gasteiger partial charge in [-0.05, 0) is 61.7 Å². The van der Waals surface area contributed by atoms with E-state index in [1.54, 1.807) is 12.3 Å². The monoisotopic (exact) mass is 442 g/mol. The number of aliphatic imine (C=N–C) groups is 1. The highest BCUT2D eigenvalue weighted by atomic mass is 35.5. The Labute approximate surface area is 189 Å². The topological polar surface area (TPSA) is 66.8 Å². The van der Waals surface area contributed by atoms with Crippen molar-refractivity contribution in [3.8, 4) is 0 Å². The number of ketones is 1. The highest BCUT2D eigenvalue weighted by Crippen LogP contribution is 2.17. The van der Waals surface area contributed by atoms with Gasteiger partial charge in [-0.3, -0.25) is 14.7 Å². The number of halogens is 1. The molecule has 166 valence electrons. The fourth-order valence-electron chi connectivity index (χ4n) is 3.64. The minimum absolute atomic E-state index is 0.0173. The first-order chi connectivity index (χ1) is 15.1. The lowest BCUT2D eigenvalue weighted by molar-refractivity contribution is 0.0378. The normalized spacial score (nSPS) is 15.1. The van der Waals surface area contributed by atoms with Gasteiger partial charge in [0.25, 0.3) is 0 Å². The average Bonchev–Trinajstić information content (AvgIpc) is 2.79. The van der Waals surface area contributed by atoms with Crippen molar-refractivity contribution in [1.82, 2.24) is 9.88 Å². The Bertz CT molecular complexity index is 910. The summed E-state index contributed by atoms with van der Waals surface area (Å²) in [6.07, 6.45) is 3.44. The van der Waals surface area contributed by atoms with E-state index in [0.29, 0.717) is 10.6 Å². The molecule has 7 heteroatoms. The van der Waals surface area contributed by atoms with Gasteiger partial charge < -0.3 is 10.1 Å². The maximum atomic E-state index is 12.7. The largest absolute Gasteiger partial charge is 0.379 e. The van der Waals surface area contributed by atoms with Gasteiger partial charge in [0.2, 0.25) is 0 Å². The second-order valence-electron chi connectivity index (χ2n) is 7.66. The van der Waals surface area contributed by atoms with Crippen molar-refractivity contribution in [3.05, 3.63) is 58.2 Å². The minimum Gasteiger partial charge on any atom is -0.379 e. The molecule has 1 aliphatic heterocycles. The molecule has 1 fully saturated rings. The van der Waals surface area contributed by atoms with E-state index in [0.717, 1.165) is 74.9 Å². The van der Waals surface area contributed by atoms with Gasteiger partial charge in [0.1, 0.15) is 12.4 Å². The van der Waals surface area contributed by atoms with E-state index in [9.17, 15) is 4.79 Å². The van der Waals surface area contributed by atoms with Crippen LogP contribution in [0.25, 0.3) is 0 Å². The van der Waals surface area contributed by atoms with Gasteiger partial charge >= 0.3 is 0 Å². The van der Waals surface area contributed by atoms with E-state index in [-0.39, 0.29) is 12.3 Å². The number of hydrogen-bond acceptors (Lipinski definition) is 6. The minimum atomic E-state index is -0.0173. The summed E-state index contributed by atoms with van der Waals surface area (Å²) >= 11 is 6.06. The van der Waals surface area contributed by atoms with Crippen LogP contribution >= 0.6 is 11.6 Å². The van der Waals surface area contributed by atoms with Crippen LogP contribution in [0.5, 0.6) is 0 Å². The Morgan fingerprint density at radius 3 is 2.81 bits per heavy atom. The summed E-state index contributed by atoms with van der Waals surface area (Å²) < 4.78 is 5.37. The molecule has 2 aromatic rings. The molecule has 0 bridgehead atoms. The van der Waals surface area contributed by atoms with E-state index in [4.69, 9.17) is 16.3 Å². The van der Waals surface area contributed by atoms with Crippen LogP contribution in [0.1, 0.15) is 41.3 Å². The lowest BCUT2D eigenvalue weighted by atomic mass is 10.0. The van der Waals surface area contributed by atoms with Crippen molar-refractivity contribution in [2.45, 2.75) is 26.7 Å². The second-order valence-corrected chi connectivity index (χ2v) is 8.10. The molecular weight excluding hydrogens is 412 g/mol. The van der Waals surface area contributed by atoms with E-state index in [1.165, 1.54) is 0 Å². The molecule has 2 heterocycles. The van der Waals surface area contributed by atoms with Crippen LogP contribution in [0.2, 0.25) is 5.02 Å². The van der Waals surface area contributed by atoms with Crippen LogP contribution in [-0.4, -0.2) is 67.3 Å². The SMILES string of the molecule is CCC(=NCC(=O)c1ccnc(NCCCN2CCOCC2)c1)c1ccc(Cl)cc1C. The van der Waals surface area contributed by atoms with Crippen molar-refractivity contribution in [1.29, 1.82) is 0 Å². The van der Waals surface area contributed by atoms with E-state index in [1.807, 2.05) is 38.1 Å². The van der Waals surface area contributed by atoms with Crippen LogP contribution in [0.3, 0.4) is 0 Å². The van der Waals surface area contributed by atoms with Crippen molar-refractivity contribution in [2.24, 2.45) is 4.99 Å². The van der Waals surface area contributed by atoms with E-state index < -0.39 is 0 Å². The molecule has 1 aromatic heterocycles. The number of anilines is 1. The number of hydrogen-bond donors (Lipinski definition) is 1. The third kappa shape index (κ3) is 7.13. The third-order valence-electron chi connectivity index (χ3n) is 5.39. The zero-order valence-electron chi connectivity index (χ0n) is 18.4. The summed E-state index contributed by atoms with van der Waals surface area (Å²) in [5.41, 5.74) is 3.64. The predicted molar refractivity (Wildman–Crippen MR) is 127 cm³/mol. The summed E-state index contributed by atoms with van der Waals surface area (Å²) in [5.74, 6) is 0.706. The molecule has 1 aliphatic rings. The van der Waals surface area contributed by atoms with Gasteiger partial charge in [-0.15, -0.1) is 0 Å². The molecule has 0 spiro atoms. The van der Waals surface area contributed by atoms with Gasteiger partial charge in [0.05, 0.1) is 13.2 Å². The zero-order chi connectivity index (χ0) is 22.1. The van der Waals surface area contributed by atoms with Gasteiger partial charge in [-0.2, -0.15) is 0 Å². The first-order valence-electron chi connectivity index (χ1n) is 10.9. The number of aryl methyl sites for hydroxylation is 1. The number of nitrogens with one attached hydrogen (secondary N) is 1. The number of rotatable bonds is 10. The molecule has 0 unspecified atom stereocenters. The third-order valence-corrected chi connectivity index (χ3v) is 5.63. The zero-order valence-corrected chi connectivity index (χ0v) is 19.1. The van der Waals surface area contributed by atoms with E-state index >= 15 is 0 Å². The number of carbonyl (C=O) groups is 1. The quantitative estimate of drug-likeness (QED) is 0.338. The van der Waals surface area contributed by atoms with Crippen molar-refractivity contribution in [3.63, 3.8) is 0 Å². The van der Waals surface area contributed by atoms with Gasteiger partial charge in [-0.1, -0.05) is 24.6 Å². The Morgan fingerprint density at radius 2 is 2.06 bits per heavy atom. The number of carbonyl (C=O) groups excluding carboxylic acids is 1. The van der Waals surface area contributed by atoms with Crippen LogP contribution in [0.4, 0.5) is 5.82 Å². The molecular formula is C24H31ClN4O2. The number of ether oxygens (including phenoxy) is 1. The van der Waals surface area contributed by atoms with Crippen molar-refractivity contribution >= 4 is 28.9 Å². The molecule has 6 nitrogen and oxygen atoms in total. The molecule has 1 aromatic carbocycles. The number of pyridine rings is 1. The number of aromatic nitrogens is 1. The Balaban J connectivity index is 1.54. The smallest absolute Gasteiger partial charge is 0.184 e. The molecule has 31 heavy (non-hydrogen) atoms. The summed E-state index contributed by atoms with van der Waals surface area (Å²) in [6.45, 7) is 9.65. The highest BCUT2D eigenvalue weighted by Gasteiger charge is 2.11. The summed E-state index contributed by atoms with van der Waals surface area (Å²) in [6, 6.07) is 9.30. The fourth-order valence-corrected chi connectivity index (χ4v) is 3.87. The van der Waals surface area contributed by atoms with Gasteiger partial charge in [0.15, 0.2) is 5.78 Å². The summed E-state index contributed by atoms with van der Waals surface area (Å²) in [4.78, 5) is 24.1. The van der Waals surface area contributed by atoms with Crippen molar-refractivity contribution in [2.75, 3.05) is 51.3 Å². The predicted octanol–water partition coefficient (Wildman–Crippen LogP) is 4.26. The fraction of sp³-hybridized carbons (Fsp3) is 0.458. The van der Waals surface area contributed by atoms with Crippen LogP contribution in [-0.2, 0) is 4.74 Å². The highest BCUT2D eigenvalue weighted by molar-refractivity contribution is 6.30. The van der Waals surface area contributed by atoms with Gasteiger partial charge in [0, 0.05) is 42.1 Å². The first-order valence-corrected chi connectivity index (χ1v) is 11.3. The molecule has 0 saturated carbocycles. The standard InChI is InChI=1S/C24H31ClN4O2/c1-3-22(21-6-5-20(25)15-18(21)2)28-17-23(30)19-7-9-27-24(16-19)26-8-4-10-29-11-13-31-14-12-29/h5-7,9,15-16H,3-4,8,10-14,17H2,1-2H3,(H,26,27). The lowest BCUT2D eigenvalue weighted by Crippen LogP contribution is -2.37. The Morgan fingerprint density at radius 1 is 1.26 bits per heavy atom. The number of morpholine rings is 1. The maximum Gasteiger partial charge on any atom is 0.184 e. The molecule has 1 saturated heterocycles. The second kappa shape index (κ2) is 11.9. The molecule has 3 rings (SSSR count).